The van der Waals surface area contributed by atoms with Gasteiger partial charge < -0.3 is 14.1 Å². The van der Waals surface area contributed by atoms with Crippen LogP contribution in [0.25, 0.3) is 11.0 Å². The molecular formula is C25H24BrNO4. The van der Waals surface area contributed by atoms with Crippen LogP contribution in [-0.2, 0) is 19.3 Å². The van der Waals surface area contributed by atoms with Crippen molar-refractivity contribution in [3.8, 4) is 5.75 Å². The van der Waals surface area contributed by atoms with Gasteiger partial charge in [-0.2, -0.15) is 0 Å². The fourth-order valence-corrected chi connectivity index (χ4v) is 5.00. The molecule has 0 fully saturated rings. The Balaban J connectivity index is 1.72. The fourth-order valence-electron chi connectivity index (χ4n) is 4.84. The fraction of sp³-hybridized carbons (Fsp3) is 0.360. The van der Waals surface area contributed by atoms with Gasteiger partial charge in [0.15, 0.2) is 5.58 Å². The largest absolute Gasteiger partial charge is 0.492 e. The predicted octanol–water partition coefficient (Wildman–Crippen LogP) is 5.04. The lowest BCUT2D eigenvalue weighted by molar-refractivity contribution is 0.0982. The highest BCUT2D eigenvalue weighted by atomic mass is 79.9. The van der Waals surface area contributed by atoms with Crippen molar-refractivity contribution in [1.82, 2.24) is 0 Å². The van der Waals surface area contributed by atoms with Gasteiger partial charge >= 0.3 is 5.63 Å². The number of anilines is 1. The van der Waals surface area contributed by atoms with Crippen LogP contribution in [0.1, 0.15) is 46.3 Å². The molecule has 0 unspecified atom stereocenters. The number of hydrogen-bond donors (Lipinski definition) is 0. The van der Waals surface area contributed by atoms with Gasteiger partial charge in [0.25, 0.3) is 5.91 Å². The van der Waals surface area contributed by atoms with Crippen molar-refractivity contribution < 1.29 is 13.9 Å². The molecule has 0 atom stereocenters. The number of alkyl halides is 1. The number of amides is 1. The van der Waals surface area contributed by atoms with Gasteiger partial charge in [0, 0.05) is 28.5 Å². The zero-order valence-electron chi connectivity index (χ0n) is 17.3. The van der Waals surface area contributed by atoms with Crippen molar-refractivity contribution in [2.45, 2.75) is 38.5 Å². The second kappa shape index (κ2) is 8.50. The maximum atomic E-state index is 13.9. The minimum Gasteiger partial charge on any atom is -0.492 e. The average Bonchev–Trinajstić information content (AvgIpc) is 2.81. The molecule has 6 heteroatoms. The number of ether oxygens (including phenoxy) is 1. The number of rotatable bonds is 4. The zero-order chi connectivity index (χ0) is 21.4. The monoisotopic (exact) mass is 481 g/mol. The summed E-state index contributed by atoms with van der Waals surface area (Å²) in [4.78, 5) is 28.5. The summed E-state index contributed by atoms with van der Waals surface area (Å²) < 4.78 is 11.7. The molecule has 0 saturated heterocycles. The van der Waals surface area contributed by atoms with Crippen LogP contribution in [-0.4, -0.2) is 24.4 Å². The molecule has 2 aliphatic rings. The van der Waals surface area contributed by atoms with Crippen LogP contribution in [0.5, 0.6) is 5.75 Å². The topological polar surface area (TPSA) is 59.8 Å². The summed E-state index contributed by atoms with van der Waals surface area (Å²) in [6, 6.07) is 11.8. The van der Waals surface area contributed by atoms with E-state index in [1.807, 2.05) is 30.3 Å². The summed E-state index contributed by atoms with van der Waals surface area (Å²) in [6.45, 7) is 1.04. The summed E-state index contributed by atoms with van der Waals surface area (Å²) in [6.07, 6.45) is 5.44. The van der Waals surface area contributed by atoms with E-state index in [1.165, 1.54) is 0 Å². The van der Waals surface area contributed by atoms with E-state index < -0.39 is 0 Å². The second-order valence-electron chi connectivity index (χ2n) is 8.10. The van der Waals surface area contributed by atoms with E-state index in [4.69, 9.17) is 9.15 Å². The standard InChI is InChI=1S/C25H24BrNO4/c26-13-15-30-21-12-11-18-17-8-2-3-9-19(17)25(29)31-23(18)22(21)24(28)27-14-5-7-16-6-1-4-10-20(16)27/h1,4,6,10-12H,2-3,5,7-9,13-15H2. The van der Waals surface area contributed by atoms with Crippen LogP contribution in [0.2, 0.25) is 0 Å². The van der Waals surface area contributed by atoms with Gasteiger partial charge in [-0.3, -0.25) is 4.79 Å². The summed E-state index contributed by atoms with van der Waals surface area (Å²) in [5, 5.41) is 1.49. The number of nitrogens with zero attached hydrogens (tertiary/aromatic N) is 1. The molecule has 0 N–H and O–H groups in total. The predicted molar refractivity (Wildman–Crippen MR) is 125 cm³/mol. The highest BCUT2D eigenvalue weighted by Gasteiger charge is 2.30. The molecular weight excluding hydrogens is 458 g/mol. The Morgan fingerprint density at radius 3 is 2.68 bits per heavy atom. The third-order valence-corrected chi connectivity index (χ3v) is 6.58. The Bertz CT molecular complexity index is 1220. The summed E-state index contributed by atoms with van der Waals surface area (Å²) in [7, 11) is 0. The number of fused-ring (bicyclic) bond motifs is 4. The Labute approximate surface area is 189 Å². The van der Waals surface area contributed by atoms with Crippen LogP contribution in [0.15, 0.2) is 45.6 Å². The summed E-state index contributed by atoms with van der Waals surface area (Å²) >= 11 is 3.38. The molecule has 3 aromatic rings. The molecule has 1 aromatic heterocycles. The van der Waals surface area contributed by atoms with Crippen molar-refractivity contribution in [2.24, 2.45) is 0 Å². The maximum Gasteiger partial charge on any atom is 0.339 e. The van der Waals surface area contributed by atoms with Crippen LogP contribution in [0, 0.1) is 0 Å². The third-order valence-electron chi connectivity index (χ3n) is 6.26. The third kappa shape index (κ3) is 3.57. The van der Waals surface area contributed by atoms with Crippen molar-refractivity contribution in [3.63, 3.8) is 0 Å². The van der Waals surface area contributed by atoms with Gasteiger partial charge in [0.05, 0.1) is 6.61 Å². The first-order valence-electron chi connectivity index (χ1n) is 10.9. The van der Waals surface area contributed by atoms with Crippen molar-refractivity contribution in [3.05, 3.63) is 69.1 Å². The van der Waals surface area contributed by atoms with Crippen molar-refractivity contribution in [1.29, 1.82) is 0 Å². The van der Waals surface area contributed by atoms with Crippen LogP contribution in [0.4, 0.5) is 5.69 Å². The molecule has 160 valence electrons. The van der Waals surface area contributed by atoms with E-state index in [2.05, 4.69) is 22.0 Å². The van der Waals surface area contributed by atoms with Crippen LogP contribution in [0.3, 0.4) is 0 Å². The quantitative estimate of drug-likeness (QED) is 0.386. The highest BCUT2D eigenvalue weighted by molar-refractivity contribution is 9.09. The number of para-hydroxylation sites is 1. The number of carbonyl (C=O) groups excluding carboxylic acids is 1. The molecule has 2 heterocycles. The highest BCUT2D eigenvalue weighted by Crippen LogP contribution is 2.36. The molecule has 1 aliphatic heterocycles. The molecule has 1 aliphatic carbocycles. The van der Waals surface area contributed by atoms with Gasteiger partial charge in [-0.05, 0) is 67.9 Å². The van der Waals surface area contributed by atoms with E-state index in [9.17, 15) is 9.59 Å². The minimum absolute atomic E-state index is 0.179. The van der Waals surface area contributed by atoms with E-state index >= 15 is 0 Å². The Hall–Kier alpha value is -2.60. The zero-order valence-corrected chi connectivity index (χ0v) is 18.9. The first kappa shape index (κ1) is 20.3. The Kier molecular flexibility index (Phi) is 5.57. The lowest BCUT2D eigenvalue weighted by Crippen LogP contribution is -2.36. The number of halogens is 1. The number of carbonyl (C=O) groups is 1. The Morgan fingerprint density at radius 2 is 1.84 bits per heavy atom. The molecule has 2 aromatic carbocycles. The first-order chi connectivity index (χ1) is 15.2. The average molecular weight is 482 g/mol. The molecule has 0 saturated carbocycles. The van der Waals surface area contributed by atoms with E-state index in [-0.39, 0.29) is 11.5 Å². The SMILES string of the molecule is O=C(c1c(OCCBr)ccc2c3c(c(=O)oc12)CCCC3)N1CCCc2ccccc21. The minimum atomic E-state index is -0.326. The smallest absolute Gasteiger partial charge is 0.339 e. The number of aryl methyl sites for hydroxylation is 2. The van der Waals surface area contributed by atoms with Gasteiger partial charge in [0.2, 0.25) is 0 Å². The van der Waals surface area contributed by atoms with Gasteiger partial charge in [0.1, 0.15) is 11.3 Å². The van der Waals surface area contributed by atoms with E-state index in [1.54, 1.807) is 4.90 Å². The van der Waals surface area contributed by atoms with E-state index in [0.29, 0.717) is 35.4 Å². The summed E-state index contributed by atoms with van der Waals surface area (Å²) in [5.41, 5.74) is 4.23. The number of benzene rings is 2. The molecule has 0 radical (unpaired) electrons. The number of hydrogen-bond acceptors (Lipinski definition) is 4. The first-order valence-corrected chi connectivity index (χ1v) is 12.0. The lowest BCUT2D eigenvalue weighted by atomic mass is 9.89. The Morgan fingerprint density at radius 1 is 1.03 bits per heavy atom. The van der Waals surface area contributed by atoms with E-state index in [0.717, 1.165) is 66.3 Å². The van der Waals surface area contributed by atoms with Crippen molar-refractivity contribution in [2.75, 3.05) is 23.4 Å². The second-order valence-corrected chi connectivity index (χ2v) is 8.89. The van der Waals surface area contributed by atoms with Crippen LogP contribution >= 0.6 is 15.9 Å². The van der Waals surface area contributed by atoms with Gasteiger partial charge in [-0.25, -0.2) is 4.79 Å². The van der Waals surface area contributed by atoms with Gasteiger partial charge in [-0.15, -0.1) is 0 Å². The molecule has 1 amide bonds. The molecule has 5 rings (SSSR count). The molecule has 31 heavy (non-hydrogen) atoms. The molecule has 0 bridgehead atoms. The molecule has 5 nitrogen and oxygen atoms in total. The van der Waals surface area contributed by atoms with Crippen LogP contribution < -0.4 is 15.3 Å². The van der Waals surface area contributed by atoms with Crippen molar-refractivity contribution >= 4 is 38.5 Å². The lowest BCUT2D eigenvalue weighted by Gasteiger charge is -2.30. The summed E-state index contributed by atoms with van der Waals surface area (Å²) in [5.74, 6) is 0.278. The normalized spacial score (nSPS) is 15.5. The van der Waals surface area contributed by atoms with Gasteiger partial charge in [-0.1, -0.05) is 34.1 Å². The molecule has 0 spiro atoms. The maximum absolute atomic E-state index is 13.9.